The summed E-state index contributed by atoms with van der Waals surface area (Å²) in [7, 11) is 0. The number of ether oxygens (including phenoxy) is 1. The highest BCUT2D eigenvalue weighted by molar-refractivity contribution is 5.95. The van der Waals surface area contributed by atoms with Crippen molar-refractivity contribution in [3.8, 4) is 11.1 Å². The minimum Gasteiger partial charge on any atom is -0.378 e. The largest absolute Gasteiger partial charge is 0.378 e. The Hall–Kier alpha value is -2.73. The lowest BCUT2D eigenvalue weighted by molar-refractivity contribution is 0.0301. The van der Waals surface area contributed by atoms with E-state index in [0.29, 0.717) is 31.9 Å². The van der Waals surface area contributed by atoms with Gasteiger partial charge in [0.15, 0.2) is 5.65 Å². The van der Waals surface area contributed by atoms with Gasteiger partial charge in [-0.25, -0.2) is 9.50 Å². The average Bonchev–Trinajstić information content (AvgIpc) is 3.00. The first-order valence-corrected chi connectivity index (χ1v) is 8.44. The molecule has 1 saturated heterocycles. The van der Waals surface area contributed by atoms with Gasteiger partial charge < -0.3 is 9.64 Å². The van der Waals surface area contributed by atoms with E-state index in [0.717, 1.165) is 28.2 Å². The fourth-order valence-corrected chi connectivity index (χ4v) is 3.29. The van der Waals surface area contributed by atoms with Gasteiger partial charge in [-0.05, 0) is 19.4 Å². The SMILES string of the molecule is Cc1nn2c(C)c(C(=O)N3CCOCC3)cnc2c1-c1ccccc1. The molecule has 6 nitrogen and oxygen atoms in total. The molecule has 0 bridgehead atoms. The molecule has 0 atom stereocenters. The predicted octanol–water partition coefficient (Wildman–Crippen LogP) is 2.49. The van der Waals surface area contributed by atoms with Crippen LogP contribution in [0.3, 0.4) is 0 Å². The Morgan fingerprint density at radius 3 is 2.56 bits per heavy atom. The molecule has 0 spiro atoms. The van der Waals surface area contributed by atoms with E-state index in [4.69, 9.17) is 4.74 Å². The summed E-state index contributed by atoms with van der Waals surface area (Å²) in [6.07, 6.45) is 1.68. The second-order valence-electron chi connectivity index (χ2n) is 6.22. The van der Waals surface area contributed by atoms with E-state index in [1.807, 2.05) is 49.1 Å². The van der Waals surface area contributed by atoms with Crippen LogP contribution in [0.15, 0.2) is 36.5 Å². The highest BCUT2D eigenvalue weighted by Crippen LogP contribution is 2.28. The van der Waals surface area contributed by atoms with Crippen LogP contribution >= 0.6 is 0 Å². The molecule has 0 unspecified atom stereocenters. The number of nitrogens with zero attached hydrogens (tertiary/aromatic N) is 4. The first-order valence-electron chi connectivity index (χ1n) is 8.44. The number of aryl methyl sites for hydroxylation is 2. The van der Waals surface area contributed by atoms with Gasteiger partial charge in [-0.2, -0.15) is 5.10 Å². The van der Waals surface area contributed by atoms with Crippen LogP contribution in [-0.4, -0.2) is 51.7 Å². The molecule has 1 aliphatic rings. The number of hydrogen-bond donors (Lipinski definition) is 0. The Balaban J connectivity index is 1.80. The van der Waals surface area contributed by atoms with Gasteiger partial charge in [0, 0.05) is 24.8 Å². The van der Waals surface area contributed by atoms with Gasteiger partial charge in [0.25, 0.3) is 5.91 Å². The third-order valence-electron chi connectivity index (χ3n) is 4.65. The molecule has 0 N–H and O–H groups in total. The molecule has 2 aromatic heterocycles. The standard InChI is InChI=1S/C19H20N4O2/c1-13-17(15-6-4-3-5-7-15)18-20-12-16(14(2)23(18)21-13)19(24)22-8-10-25-11-9-22/h3-7,12H,8-11H2,1-2H3. The number of fused-ring (bicyclic) bond motifs is 1. The maximum atomic E-state index is 12.8. The van der Waals surface area contributed by atoms with Gasteiger partial charge >= 0.3 is 0 Å². The van der Waals surface area contributed by atoms with Crippen LogP contribution in [0.25, 0.3) is 16.8 Å². The van der Waals surface area contributed by atoms with E-state index in [1.165, 1.54) is 0 Å². The van der Waals surface area contributed by atoms with Crippen molar-refractivity contribution in [2.75, 3.05) is 26.3 Å². The third kappa shape index (κ3) is 2.68. The minimum absolute atomic E-state index is 0.00962. The van der Waals surface area contributed by atoms with Crippen LogP contribution in [0, 0.1) is 13.8 Å². The maximum Gasteiger partial charge on any atom is 0.257 e. The Kier molecular flexibility index (Phi) is 3.97. The van der Waals surface area contributed by atoms with Crippen LogP contribution in [0.2, 0.25) is 0 Å². The number of benzene rings is 1. The zero-order valence-electron chi connectivity index (χ0n) is 14.4. The number of carbonyl (C=O) groups excluding carboxylic acids is 1. The van der Waals surface area contributed by atoms with Crippen molar-refractivity contribution >= 4 is 11.6 Å². The van der Waals surface area contributed by atoms with E-state index in [9.17, 15) is 4.79 Å². The quantitative estimate of drug-likeness (QED) is 0.721. The molecule has 0 saturated carbocycles. The van der Waals surface area contributed by atoms with Crippen molar-refractivity contribution < 1.29 is 9.53 Å². The second kappa shape index (κ2) is 6.29. The van der Waals surface area contributed by atoms with Crippen molar-refractivity contribution in [2.24, 2.45) is 0 Å². The third-order valence-corrected chi connectivity index (χ3v) is 4.65. The molecule has 3 aromatic rings. The molecule has 1 aliphatic heterocycles. The fraction of sp³-hybridized carbons (Fsp3) is 0.316. The summed E-state index contributed by atoms with van der Waals surface area (Å²) in [6.45, 7) is 6.29. The summed E-state index contributed by atoms with van der Waals surface area (Å²) in [5.74, 6) is -0.00962. The van der Waals surface area contributed by atoms with Crippen LogP contribution in [-0.2, 0) is 4.74 Å². The molecule has 0 radical (unpaired) electrons. The summed E-state index contributed by atoms with van der Waals surface area (Å²) in [5, 5.41) is 4.64. The molecular formula is C19H20N4O2. The zero-order valence-corrected chi connectivity index (χ0v) is 14.4. The molecule has 25 heavy (non-hydrogen) atoms. The van der Waals surface area contributed by atoms with E-state index in [-0.39, 0.29) is 5.91 Å². The number of carbonyl (C=O) groups is 1. The summed E-state index contributed by atoms with van der Waals surface area (Å²) in [6, 6.07) is 10.1. The molecule has 6 heteroatoms. The first-order chi connectivity index (χ1) is 12.2. The number of amides is 1. The van der Waals surface area contributed by atoms with Crippen molar-refractivity contribution in [1.29, 1.82) is 0 Å². The topological polar surface area (TPSA) is 59.7 Å². The molecule has 0 aliphatic carbocycles. The highest BCUT2D eigenvalue weighted by Gasteiger charge is 2.23. The monoisotopic (exact) mass is 336 g/mol. The Labute approximate surface area is 146 Å². The van der Waals surface area contributed by atoms with E-state index < -0.39 is 0 Å². The minimum atomic E-state index is -0.00962. The molecule has 1 aromatic carbocycles. The van der Waals surface area contributed by atoms with Crippen LogP contribution < -0.4 is 0 Å². The van der Waals surface area contributed by atoms with Gasteiger partial charge in [-0.1, -0.05) is 30.3 Å². The number of rotatable bonds is 2. The normalized spacial score (nSPS) is 14.9. The fourth-order valence-electron chi connectivity index (χ4n) is 3.29. The lowest BCUT2D eigenvalue weighted by Crippen LogP contribution is -2.41. The van der Waals surface area contributed by atoms with Crippen LogP contribution in [0.1, 0.15) is 21.7 Å². The maximum absolute atomic E-state index is 12.8. The molecular weight excluding hydrogens is 316 g/mol. The Morgan fingerprint density at radius 2 is 1.84 bits per heavy atom. The molecule has 128 valence electrons. The summed E-state index contributed by atoms with van der Waals surface area (Å²) >= 11 is 0. The van der Waals surface area contributed by atoms with Gasteiger partial charge in [0.1, 0.15) is 0 Å². The molecule has 1 fully saturated rings. The van der Waals surface area contributed by atoms with E-state index in [1.54, 1.807) is 10.7 Å². The van der Waals surface area contributed by atoms with E-state index in [2.05, 4.69) is 10.1 Å². The van der Waals surface area contributed by atoms with Crippen LogP contribution in [0.5, 0.6) is 0 Å². The van der Waals surface area contributed by atoms with Gasteiger partial charge in [-0.15, -0.1) is 0 Å². The number of aromatic nitrogens is 3. The van der Waals surface area contributed by atoms with E-state index >= 15 is 0 Å². The molecule has 4 rings (SSSR count). The highest BCUT2D eigenvalue weighted by atomic mass is 16.5. The lowest BCUT2D eigenvalue weighted by Gasteiger charge is -2.27. The van der Waals surface area contributed by atoms with Crippen molar-refractivity contribution in [3.63, 3.8) is 0 Å². The summed E-state index contributed by atoms with van der Waals surface area (Å²) < 4.78 is 7.11. The lowest BCUT2D eigenvalue weighted by atomic mass is 10.1. The van der Waals surface area contributed by atoms with Crippen LogP contribution in [0.4, 0.5) is 0 Å². The first kappa shape index (κ1) is 15.8. The van der Waals surface area contributed by atoms with Gasteiger partial charge in [0.05, 0.1) is 30.2 Å². The zero-order chi connectivity index (χ0) is 17.4. The van der Waals surface area contributed by atoms with Crippen molar-refractivity contribution in [2.45, 2.75) is 13.8 Å². The summed E-state index contributed by atoms with van der Waals surface area (Å²) in [4.78, 5) is 19.2. The molecule has 3 heterocycles. The average molecular weight is 336 g/mol. The predicted molar refractivity (Wildman–Crippen MR) is 94.6 cm³/mol. The number of hydrogen-bond acceptors (Lipinski definition) is 4. The van der Waals surface area contributed by atoms with Gasteiger partial charge in [-0.3, -0.25) is 4.79 Å². The smallest absolute Gasteiger partial charge is 0.257 e. The Morgan fingerprint density at radius 1 is 1.12 bits per heavy atom. The van der Waals surface area contributed by atoms with Gasteiger partial charge in [0.2, 0.25) is 0 Å². The second-order valence-corrected chi connectivity index (χ2v) is 6.22. The van der Waals surface area contributed by atoms with Crippen molar-refractivity contribution in [3.05, 3.63) is 53.5 Å². The Bertz CT molecular complexity index is 927. The molecule has 1 amide bonds. The summed E-state index contributed by atoms with van der Waals surface area (Å²) in [5.41, 5.74) is 5.17. The number of morpholine rings is 1. The van der Waals surface area contributed by atoms with Crippen molar-refractivity contribution in [1.82, 2.24) is 19.5 Å².